The van der Waals surface area contributed by atoms with Crippen LogP contribution >= 0.6 is 11.6 Å². The molecule has 1 aromatic carbocycles. The highest BCUT2D eigenvalue weighted by molar-refractivity contribution is 6.31. The van der Waals surface area contributed by atoms with Crippen LogP contribution in [-0.2, 0) is 4.79 Å². The zero-order valence-corrected chi connectivity index (χ0v) is 14.9. The molecule has 0 spiro atoms. The topological polar surface area (TPSA) is 56.1 Å². The van der Waals surface area contributed by atoms with Crippen LogP contribution in [0.15, 0.2) is 18.2 Å². The zero-order chi connectivity index (χ0) is 17.1. The van der Waals surface area contributed by atoms with Gasteiger partial charge < -0.3 is 10.1 Å². The van der Waals surface area contributed by atoms with Crippen molar-refractivity contribution in [3.63, 3.8) is 0 Å². The van der Waals surface area contributed by atoms with Gasteiger partial charge in [0.1, 0.15) is 5.75 Å². The van der Waals surface area contributed by atoms with Crippen LogP contribution in [-0.4, -0.2) is 22.8 Å². The van der Waals surface area contributed by atoms with Gasteiger partial charge in [-0.25, -0.2) is 0 Å². The standard InChI is InChI=1S/C17H22ClN3O2/c1-10(21-13(4)11(2)12(3)20-21)8-17(22)19-15-9-14(18)6-7-16(15)23-5/h6-7,9-10H,8H2,1-5H3,(H,19,22)/t10-/m1/s1. The van der Waals surface area contributed by atoms with Crippen LogP contribution in [0.1, 0.15) is 36.3 Å². The molecular formula is C17H22ClN3O2. The average molecular weight is 336 g/mol. The molecule has 1 aromatic heterocycles. The number of halogens is 1. The lowest BCUT2D eigenvalue weighted by molar-refractivity contribution is -0.116. The molecular weight excluding hydrogens is 314 g/mol. The summed E-state index contributed by atoms with van der Waals surface area (Å²) >= 11 is 5.98. The van der Waals surface area contributed by atoms with Crippen molar-refractivity contribution in [3.8, 4) is 5.75 Å². The maximum absolute atomic E-state index is 12.3. The molecule has 1 atom stereocenters. The van der Waals surface area contributed by atoms with Crippen molar-refractivity contribution in [2.45, 2.75) is 40.2 Å². The Morgan fingerprint density at radius 3 is 2.65 bits per heavy atom. The Hall–Kier alpha value is -2.01. The van der Waals surface area contributed by atoms with E-state index in [0.717, 1.165) is 17.0 Å². The molecule has 0 aliphatic heterocycles. The second-order valence-corrected chi connectivity index (χ2v) is 6.12. The molecule has 124 valence electrons. The van der Waals surface area contributed by atoms with Gasteiger partial charge in [0.2, 0.25) is 5.91 Å². The lowest BCUT2D eigenvalue weighted by atomic mass is 10.2. The molecule has 1 N–H and O–H groups in total. The minimum atomic E-state index is -0.108. The number of benzene rings is 1. The van der Waals surface area contributed by atoms with E-state index < -0.39 is 0 Å². The fourth-order valence-electron chi connectivity index (χ4n) is 2.51. The number of anilines is 1. The second kappa shape index (κ2) is 7.04. The van der Waals surface area contributed by atoms with Gasteiger partial charge in [0.25, 0.3) is 0 Å². The lowest BCUT2D eigenvalue weighted by Crippen LogP contribution is -2.19. The molecule has 5 nitrogen and oxygen atoms in total. The van der Waals surface area contributed by atoms with Crippen molar-refractivity contribution in [2.24, 2.45) is 0 Å². The Labute approximate surface area is 141 Å². The van der Waals surface area contributed by atoms with Crippen molar-refractivity contribution in [2.75, 3.05) is 12.4 Å². The minimum Gasteiger partial charge on any atom is -0.495 e. The van der Waals surface area contributed by atoms with E-state index in [0.29, 0.717) is 22.9 Å². The molecule has 0 radical (unpaired) electrons. The van der Waals surface area contributed by atoms with Crippen LogP contribution in [0.4, 0.5) is 5.69 Å². The van der Waals surface area contributed by atoms with Crippen molar-refractivity contribution in [1.82, 2.24) is 9.78 Å². The van der Waals surface area contributed by atoms with Crippen LogP contribution in [0.3, 0.4) is 0 Å². The van der Waals surface area contributed by atoms with E-state index in [2.05, 4.69) is 10.4 Å². The smallest absolute Gasteiger partial charge is 0.226 e. The molecule has 0 unspecified atom stereocenters. The van der Waals surface area contributed by atoms with Crippen molar-refractivity contribution >= 4 is 23.2 Å². The van der Waals surface area contributed by atoms with Crippen LogP contribution in [0.25, 0.3) is 0 Å². The van der Waals surface area contributed by atoms with Gasteiger partial charge in [0.05, 0.1) is 24.5 Å². The molecule has 1 heterocycles. The van der Waals surface area contributed by atoms with Gasteiger partial charge >= 0.3 is 0 Å². The number of nitrogens with one attached hydrogen (secondary N) is 1. The monoisotopic (exact) mass is 335 g/mol. The fraction of sp³-hybridized carbons (Fsp3) is 0.412. The Kier molecular flexibility index (Phi) is 5.31. The van der Waals surface area contributed by atoms with E-state index in [1.165, 1.54) is 0 Å². The zero-order valence-electron chi connectivity index (χ0n) is 14.1. The molecule has 0 bridgehead atoms. The summed E-state index contributed by atoms with van der Waals surface area (Å²) in [5, 5.41) is 7.91. The molecule has 2 aromatic rings. The Bertz CT molecular complexity index is 725. The van der Waals surface area contributed by atoms with E-state index in [9.17, 15) is 4.79 Å². The normalized spacial score (nSPS) is 12.1. The van der Waals surface area contributed by atoms with Gasteiger partial charge in [-0.2, -0.15) is 5.10 Å². The summed E-state index contributed by atoms with van der Waals surface area (Å²) in [6, 6.07) is 5.09. The first-order valence-corrected chi connectivity index (χ1v) is 7.87. The number of carbonyl (C=O) groups is 1. The predicted molar refractivity (Wildman–Crippen MR) is 92.4 cm³/mol. The number of methoxy groups -OCH3 is 1. The summed E-state index contributed by atoms with van der Waals surface area (Å²) in [6.45, 7) is 8.01. The average Bonchev–Trinajstić information content (AvgIpc) is 2.75. The molecule has 6 heteroatoms. The van der Waals surface area contributed by atoms with Crippen molar-refractivity contribution in [3.05, 3.63) is 40.2 Å². The molecule has 0 aliphatic rings. The quantitative estimate of drug-likeness (QED) is 0.896. The number of aryl methyl sites for hydroxylation is 1. The molecule has 0 aliphatic carbocycles. The van der Waals surface area contributed by atoms with Gasteiger partial charge in [-0.05, 0) is 51.5 Å². The third-order valence-corrected chi connectivity index (χ3v) is 4.26. The number of hydrogen-bond donors (Lipinski definition) is 1. The summed E-state index contributed by atoms with van der Waals surface area (Å²) in [5.41, 5.74) is 3.81. The van der Waals surface area contributed by atoms with E-state index in [1.807, 2.05) is 32.4 Å². The molecule has 1 amide bonds. The first-order valence-electron chi connectivity index (χ1n) is 7.49. The van der Waals surface area contributed by atoms with E-state index in [1.54, 1.807) is 25.3 Å². The highest BCUT2D eigenvalue weighted by atomic mass is 35.5. The number of rotatable bonds is 5. The fourth-order valence-corrected chi connectivity index (χ4v) is 2.68. The van der Waals surface area contributed by atoms with E-state index >= 15 is 0 Å². The van der Waals surface area contributed by atoms with Gasteiger partial charge in [0.15, 0.2) is 0 Å². The van der Waals surface area contributed by atoms with E-state index in [-0.39, 0.29) is 11.9 Å². The van der Waals surface area contributed by atoms with Crippen molar-refractivity contribution < 1.29 is 9.53 Å². The molecule has 23 heavy (non-hydrogen) atoms. The first-order chi connectivity index (χ1) is 10.8. The van der Waals surface area contributed by atoms with Crippen LogP contribution in [0.2, 0.25) is 5.02 Å². The van der Waals surface area contributed by atoms with Crippen LogP contribution in [0, 0.1) is 20.8 Å². The Morgan fingerprint density at radius 2 is 2.09 bits per heavy atom. The largest absolute Gasteiger partial charge is 0.495 e. The van der Waals surface area contributed by atoms with Gasteiger partial charge in [-0.1, -0.05) is 11.6 Å². The van der Waals surface area contributed by atoms with E-state index in [4.69, 9.17) is 16.3 Å². The lowest BCUT2D eigenvalue weighted by Gasteiger charge is -2.15. The summed E-state index contributed by atoms with van der Waals surface area (Å²) in [7, 11) is 1.56. The van der Waals surface area contributed by atoms with Crippen molar-refractivity contribution in [1.29, 1.82) is 0 Å². The summed E-state index contributed by atoms with van der Waals surface area (Å²) < 4.78 is 7.14. The number of hydrogen-bond acceptors (Lipinski definition) is 3. The number of amides is 1. The SMILES string of the molecule is COc1ccc(Cl)cc1NC(=O)C[C@@H](C)n1nc(C)c(C)c1C. The maximum Gasteiger partial charge on any atom is 0.226 e. The molecule has 0 fully saturated rings. The third-order valence-electron chi connectivity index (χ3n) is 4.02. The van der Waals surface area contributed by atoms with Crippen LogP contribution in [0.5, 0.6) is 5.75 Å². The predicted octanol–water partition coefficient (Wildman–Crippen LogP) is 4.06. The van der Waals surface area contributed by atoms with Gasteiger partial charge in [-0.15, -0.1) is 0 Å². The number of nitrogens with zero attached hydrogens (tertiary/aromatic N) is 2. The third kappa shape index (κ3) is 3.85. The number of ether oxygens (including phenoxy) is 1. The molecule has 0 saturated heterocycles. The summed E-state index contributed by atoms with van der Waals surface area (Å²) in [5.74, 6) is 0.473. The Balaban J connectivity index is 2.10. The van der Waals surface area contributed by atoms with Crippen LogP contribution < -0.4 is 10.1 Å². The highest BCUT2D eigenvalue weighted by Gasteiger charge is 2.17. The van der Waals surface area contributed by atoms with Gasteiger partial charge in [0, 0.05) is 17.1 Å². The minimum absolute atomic E-state index is 0.0346. The number of aromatic nitrogens is 2. The summed E-state index contributed by atoms with van der Waals surface area (Å²) in [4.78, 5) is 12.3. The summed E-state index contributed by atoms with van der Waals surface area (Å²) in [6.07, 6.45) is 0.317. The first kappa shape index (κ1) is 17.3. The number of carbonyl (C=O) groups excluding carboxylic acids is 1. The molecule has 2 rings (SSSR count). The van der Waals surface area contributed by atoms with Gasteiger partial charge in [-0.3, -0.25) is 9.48 Å². The molecule has 0 saturated carbocycles. The Morgan fingerprint density at radius 1 is 1.39 bits per heavy atom. The second-order valence-electron chi connectivity index (χ2n) is 5.69. The highest BCUT2D eigenvalue weighted by Crippen LogP contribution is 2.28. The maximum atomic E-state index is 12.3.